The molecule has 0 aromatic carbocycles. The minimum Gasteiger partial charge on any atom is -1.00 e. The molecule has 0 bridgehead atoms. The van der Waals surface area contributed by atoms with Gasteiger partial charge in [-0.1, -0.05) is 94.0 Å². The number of allylic oxidation sites excluding steroid dienone is 11. The number of carbonyl (C=O) groups is 5. The van der Waals surface area contributed by atoms with Gasteiger partial charge in [0.15, 0.2) is 0 Å². The van der Waals surface area contributed by atoms with E-state index in [1.165, 1.54) is 24.6 Å². The smallest absolute Gasteiger partial charge is 1.00 e. The van der Waals surface area contributed by atoms with Crippen LogP contribution in [-0.4, -0.2) is 80.6 Å². The minimum atomic E-state index is -0.891. The molecule has 3 N–H and O–H groups in total. The first kappa shape index (κ1) is 90.6. The zero-order valence-electron chi connectivity index (χ0n) is 47.9. The van der Waals surface area contributed by atoms with Gasteiger partial charge in [0.05, 0.1) is 13.2 Å². The molecule has 0 aromatic heterocycles. The molecule has 0 aromatic rings. The molecule has 0 heterocycles. The normalized spacial score (nSPS) is 10.4. The van der Waals surface area contributed by atoms with Gasteiger partial charge in [-0.2, -0.15) is 0 Å². The topological polar surface area (TPSA) is 164 Å². The number of carboxylic acids is 1. The molecule has 0 fully saturated rings. The summed E-state index contributed by atoms with van der Waals surface area (Å²) in [6, 6.07) is 0. The van der Waals surface area contributed by atoms with E-state index in [-0.39, 0.29) is 57.3 Å². The number of carboxylic acid groups (broad SMARTS) is 1. The Bertz CT molecular complexity index is 1300. The summed E-state index contributed by atoms with van der Waals surface area (Å²) in [4.78, 5) is 50.9. The van der Waals surface area contributed by atoms with E-state index in [0.29, 0.717) is 44.7 Å². The molecule has 0 aliphatic heterocycles. The first-order valence-electron chi connectivity index (χ1n) is 25.1. The molecule has 3 radical (unpaired) electrons. The van der Waals surface area contributed by atoms with E-state index < -0.39 is 5.97 Å². The second kappa shape index (κ2) is 93.0. The van der Waals surface area contributed by atoms with Crippen molar-refractivity contribution in [3.63, 3.8) is 0 Å². The molecule has 409 valence electrons. The molecule has 3 unspecified atom stereocenters. The number of aliphatic carboxylic acids is 1. The van der Waals surface area contributed by atoms with E-state index in [0.717, 1.165) is 134 Å². The van der Waals surface area contributed by atoms with Gasteiger partial charge < -0.3 is 35.8 Å². The Morgan fingerprint density at radius 2 is 0.875 bits per heavy atom. The maximum atomic E-state index is 10.9. The number of hydrogen-bond donors (Lipinski definition) is 3. The first-order chi connectivity index (χ1) is 33.6. The SMILES string of the molecule is C/C=C/C(=O)O.C=CCCC(C)C=O.C=CCCC(C)CO.C=CCCC(C)COC(=O)/C=C/C.C=CCCC=C.C=CCCCCC=O.C=CCCCCCO.C=CCCCCCOC(=O)/C=C/C.[B].[H-].[Na+]. The van der Waals surface area contributed by atoms with Crippen LogP contribution in [0.2, 0.25) is 0 Å². The molecule has 0 spiro atoms. The van der Waals surface area contributed by atoms with E-state index in [2.05, 4.69) is 59.6 Å². The van der Waals surface area contributed by atoms with Crippen molar-refractivity contribution in [2.75, 3.05) is 26.4 Å². The third-order valence-corrected chi connectivity index (χ3v) is 8.44. The minimum absolute atomic E-state index is 0. The Morgan fingerprint density at radius 1 is 0.500 bits per heavy atom. The maximum Gasteiger partial charge on any atom is 1.00 e. The number of carbonyl (C=O) groups excluding carboxylic acids is 4. The molecule has 3 atom stereocenters. The summed E-state index contributed by atoms with van der Waals surface area (Å²) in [5, 5.41) is 24.7. The molecule has 0 saturated carbocycles. The molecule has 0 saturated heterocycles. The van der Waals surface area contributed by atoms with Gasteiger partial charge in [-0.15, -0.1) is 52.6 Å². The fraction of sp³-hybridized carbons (Fsp3) is 0.550. The summed E-state index contributed by atoms with van der Waals surface area (Å²) in [6.45, 7) is 41.6. The molecular formula is C60H105BNaO10. The van der Waals surface area contributed by atoms with Crippen LogP contribution in [0.15, 0.2) is 138 Å². The average Bonchev–Trinajstić information content (AvgIpc) is 3.35. The summed E-state index contributed by atoms with van der Waals surface area (Å²) in [6.07, 6.45) is 46.2. The van der Waals surface area contributed by atoms with Crippen LogP contribution in [0, 0.1) is 17.8 Å². The van der Waals surface area contributed by atoms with Gasteiger partial charge in [0, 0.05) is 52.2 Å². The van der Waals surface area contributed by atoms with Crippen LogP contribution in [0.4, 0.5) is 0 Å². The maximum absolute atomic E-state index is 10.9. The summed E-state index contributed by atoms with van der Waals surface area (Å²) in [7, 11) is 0. The molecule has 72 heavy (non-hydrogen) atoms. The van der Waals surface area contributed by atoms with Gasteiger partial charge in [0.2, 0.25) is 0 Å². The summed E-state index contributed by atoms with van der Waals surface area (Å²) >= 11 is 0. The van der Waals surface area contributed by atoms with Gasteiger partial charge in [-0.3, -0.25) is 0 Å². The number of aliphatic hydroxyl groups is 2. The van der Waals surface area contributed by atoms with E-state index in [4.69, 9.17) is 24.8 Å². The molecule has 10 nitrogen and oxygen atoms in total. The van der Waals surface area contributed by atoms with Crippen molar-refractivity contribution in [2.24, 2.45) is 17.8 Å². The Kier molecular flexibility index (Phi) is 117. The third kappa shape index (κ3) is 126. The van der Waals surface area contributed by atoms with Crippen molar-refractivity contribution >= 4 is 38.9 Å². The number of esters is 2. The largest absolute Gasteiger partial charge is 1.00 e. The zero-order chi connectivity index (χ0) is 55.2. The van der Waals surface area contributed by atoms with E-state index >= 15 is 0 Å². The van der Waals surface area contributed by atoms with Gasteiger partial charge in [-0.25, -0.2) is 14.4 Å². The van der Waals surface area contributed by atoms with Crippen LogP contribution < -0.4 is 29.6 Å². The fourth-order valence-electron chi connectivity index (χ4n) is 4.23. The zero-order valence-corrected chi connectivity index (χ0v) is 48.9. The van der Waals surface area contributed by atoms with Crippen LogP contribution in [0.1, 0.15) is 171 Å². The van der Waals surface area contributed by atoms with Crippen LogP contribution in [0.3, 0.4) is 0 Å². The molecule has 0 rings (SSSR count). The number of unbranched alkanes of at least 4 members (excludes halogenated alkanes) is 10. The fourth-order valence-corrected chi connectivity index (χ4v) is 4.23. The van der Waals surface area contributed by atoms with E-state index in [1.54, 1.807) is 32.9 Å². The molecule has 0 aliphatic carbocycles. The summed E-state index contributed by atoms with van der Waals surface area (Å²) in [5.41, 5.74) is 0. The number of aliphatic hydroxyl groups excluding tert-OH is 2. The molecule has 12 heteroatoms. The summed E-state index contributed by atoms with van der Waals surface area (Å²) < 4.78 is 9.89. The standard InChI is InChI=1S/2C11H18O2.C7H14O.C7H12O.C7H14O.C7H12O.C6H10.C4H6O2.B.Na.H/c1-4-6-8-10(3)9-13-11(12)7-5-2;1-3-5-6-7-8-10-13-11(12)9-4-2;2*1-3-4-5-7(2)6-8;2*1-2-3-4-5-6-7-8;1-3-5-6-4-2;1-2-3-4(5)6;;;/h4-5,7,10H,1,6,8-9H2,2-3H3;3-4,9H,1,5-8,10H2,2H3;3,7-8H,1,4-6H2,2H3;3,6-7H,1,4-5H2,2H3;2,8H,1,3-7H2;2,7H,1,3-6H2;3-4H,1-2,5-6H2;2-3H,1H3,(H,5,6);;;/q;;;;;;;;;+1;-1/b7-5+;9-4+;;;;;;3-2+;;;. The van der Waals surface area contributed by atoms with Gasteiger partial charge in [0.1, 0.15) is 12.6 Å². The predicted molar refractivity (Wildman–Crippen MR) is 309 cm³/mol. The quantitative estimate of drug-likeness (QED) is 0.0139. The van der Waals surface area contributed by atoms with Crippen molar-refractivity contribution in [1.29, 1.82) is 0 Å². The first-order valence-corrected chi connectivity index (χ1v) is 25.1. The second-order valence-corrected chi connectivity index (χ2v) is 15.6. The van der Waals surface area contributed by atoms with E-state index in [9.17, 15) is 24.0 Å². The van der Waals surface area contributed by atoms with Crippen molar-refractivity contribution in [3.05, 3.63) is 138 Å². The van der Waals surface area contributed by atoms with Gasteiger partial charge >= 0.3 is 47.5 Å². The van der Waals surface area contributed by atoms with Crippen LogP contribution in [0.5, 0.6) is 0 Å². The number of rotatable bonds is 35. The Morgan fingerprint density at radius 3 is 1.22 bits per heavy atom. The number of aldehydes is 2. The van der Waals surface area contributed by atoms with Crippen molar-refractivity contribution in [2.45, 2.75) is 170 Å². The van der Waals surface area contributed by atoms with Crippen LogP contribution in [-0.2, 0) is 33.4 Å². The predicted octanol–water partition coefficient (Wildman–Crippen LogP) is 12.1. The monoisotopic (exact) mass is 1020 g/mol. The molecular weight excluding hydrogens is 914 g/mol. The van der Waals surface area contributed by atoms with E-state index in [1.807, 2.05) is 62.5 Å². The number of hydrogen-bond acceptors (Lipinski definition) is 9. The van der Waals surface area contributed by atoms with Gasteiger partial charge in [-0.05, 0) is 148 Å². The van der Waals surface area contributed by atoms with Crippen molar-refractivity contribution in [1.82, 2.24) is 0 Å². The van der Waals surface area contributed by atoms with Crippen molar-refractivity contribution < 1.29 is 79.7 Å². The molecule has 0 aliphatic rings. The Hall–Kier alpha value is -4.13. The van der Waals surface area contributed by atoms with Gasteiger partial charge in [0.25, 0.3) is 0 Å². The average molecular weight is 1020 g/mol. The van der Waals surface area contributed by atoms with Crippen LogP contribution >= 0.6 is 0 Å². The summed E-state index contributed by atoms with van der Waals surface area (Å²) in [5.74, 6) is -0.343. The van der Waals surface area contributed by atoms with Crippen LogP contribution in [0.25, 0.3) is 0 Å². The second-order valence-electron chi connectivity index (χ2n) is 15.6. The Balaban J connectivity index is -0.0000000675. The molecule has 0 amide bonds. The third-order valence-electron chi connectivity index (χ3n) is 8.44. The number of ether oxygens (including phenoxy) is 2. The Labute approximate surface area is 467 Å². The van der Waals surface area contributed by atoms with Crippen molar-refractivity contribution in [3.8, 4) is 0 Å².